The van der Waals surface area contributed by atoms with Crippen LogP contribution < -0.4 is 29.6 Å². The molecular formula is C49H44Cl2N4O8. The number of rotatable bonds is 13. The van der Waals surface area contributed by atoms with E-state index < -0.39 is 36.1 Å². The van der Waals surface area contributed by atoms with Crippen LogP contribution in [0.3, 0.4) is 0 Å². The summed E-state index contributed by atoms with van der Waals surface area (Å²) in [5.41, 5.74) is 6.66. The monoisotopic (exact) mass is 886 g/mol. The highest BCUT2D eigenvalue weighted by Crippen LogP contribution is 2.41. The quantitative estimate of drug-likeness (QED) is 0.103. The van der Waals surface area contributed by atoms with E-state index in [0.717, 1.165) is 39.1 Å². The molecule has 0 saturated carbocycles. The Morgan fingerprint density at radius 2 is 1.57 bits per heavy atom. The fourth-order valence-electron chi connectivity index (χ4n) is 7.46. The molecule has 0 radical (unpaired) electrons. The third kappa shape index (κ3) is 10.3. The number of hydrogen-bond acceptors (Lipinski definition) is 8. The third-order valence-electron chi connectivity index (χ3n) is 11.2. The lowest BCUT2D eigenvalue weighted by Crippen LogP contribution is -2.57. The van der Waals surface area contributed by atoms with E-state index in [2.05, 4.69) is 15.6 Å². The number of aromatic nitrogens is 1. The van der Waals surface area contributed by atoms with Crippen molar-refractivity contribution in [2.45, 2.75) is 64.6 Å². The number of carbonyl (C=O) groups excluding carboxylic acids is 2. The van der Waals surface area contributed by atoms with Crippen LogP contribution in [0.2, 0.25) is 10.0 Å². The van der Waals surface area contributed by atoms with Crippen LogP contribution in [0.1, 0.15) is 50.7 Å². The first-order chi connectivity index (χ1) is 30.5. The van der Waals surface area contributed by atoms with Crippen molar-refractivity contribution in [2.75, 3.05) is 6.61 Å². The van der Waals surface area contributed by atoms with E-state index in [4.69, 9.17) is 42.1 Å². The Morgan fingerprint density at radius 1 is 0.841 bits per heavy atom. The molecule has 1 unspecified atom stereocenters. The lowest BCUT2D eigenvalue weighted by Gasteiger charge is -2.37. The number of nitrogens with zero attached hydrogens (tertiary/aromatic N) is 2. The van der Waals surface area contributed by atoms with Crippen molar-refractivity contribution in [3.63, 3.8) is 0 Å². The van der Waals surface area contributed by atoms with Crippen LogP contribution in [0.5, 0.6) is 28.7 Å². The van der Waals surface area contributed by atoms with Crippen LogP contribution in [0, 0.1) is 13.8 Å². The lowest BCUT2D eigenvalue weighted by molar-refractivity contribution is -0.142. The molecule has 0 fully saturated rings. The van der Waals surface area contributed by atoms with Gasteiger partial charge in [0.25, 0.3) is 0 Å². The Kier molecular flexibility index (Phi) is 13.0. The molecule has 1 aromatic heterocycles. The number of carboxylic acids is 1. The average Bonchev–Trinajstić information content (AvgIpc) is 3.29. The van der Waals surface area contributed by atoms with E-state index >= 15 is 0 Å². The summed E-state index contributed by atoms with van der Waals surface area (Å²) in [6.45, 7) is 4.69. The van der Waals surface area contributed by atoms with Gasteiger partial charge in [-0.05, 0) is 102 Å². The fourth-order valence-corrected chi connectivity index (χ4v) is 7.79. The van der Waals surface area contributed by atoms with Crippen molar-refractivity contribution >= 4 is 41.1 Å². The minimum Gasteiger partial charge on any atom is -0.489 e. The zero-order valence-electron chi connectivity index (χ0n) is 34.5. The number of pyridine rings is 1. The molecule has 0 bridgehead atoms. The Balaban J connectivity index is 0.962. The van der Waals surface area contributed by atoms with Gasteiger partial charge in [0.2, 0.25) is 5.91 Å². The molecule has 63 heavy (non-hydrogen) atoms. The summed E-state index contributed by atoms with van der Waals surface area (Å²) in [5, 5.41) is 16.9. The van der Waals surface area contributed by atoms with Gasteiger partial charge in [-0.25, -0.2) is 9.59 Å². The largest absolute Gasteiger partial charge is 0.489 e. The number of benzene rings is 5. The van der Waals surface area contributed by atoms with Crippen LogP contribution in [0.15, 0.2) is 121 Å². The second kappa shape index (κ2) is 19.1. The highest BCUT2D eigenvalue weighted by atomic mass is 35.5. The molecular weight excluding hydrogens is 843 g/mol. The van der Waals surface area contributed by atoms with Gasteiger partial charge in [-0.15, -0.1) is 0 Å². The van der Waals surface area contributed by atoms with E-state index in [1.165, 1.54) is 4.90 Å². The third-order valence-corrected chi connectivity index (χ3v) is 11.9. The number of hydrogen-bond donors (Lipinski definition) is 3. The maximum absolute atomic E-state index is 14.2. The summed E-state index contributed by atoms with van der Waals surface area (Å²) in [6, 6.07) is 32.1. The summed E-state index contributed by atoms with van der Waals surface area (Å²) in [6.07, 6.45) is 1.39. The topological polar surface area (TPSA) is 149 Å². The van der Waals surface area contributed by atoms with Gasteiger partial charge in [0, 0.05) is 43.4 Å². The first-order valence-corrected chi connectivity index (χ1v) is 21.2. The van der Waals surface area contributed by atoms with Gasteiger partial charge in [0.15, 0.2) is 17.6 Å². The van der Waals surface area contributed by atoms with Gasteiger partial charge < -0.3 is 39.6 Å². The molecule has 8 rings (SSSR count). The van der Waals surface area contributed by atoms with Crippen molar-refractivity contribution in [3.8, 4) is 28.7 Å². The van der Waals surface area contributed by atoms with Gasteiger partial charge in [-0.1, -0.05) is 83.9 Å². The standard InChI is InChI=1S/C49H44Cl2N4O8/c1-29-30(2)52-19-18-43(29)62-38-13-8-31(9-14-38)21-41(48(57)58)54-47(56)42-22-35-23-44-45(24-36(35)26-55(42)49(59)53-25-32-6-4-3-5-7-32)63-46(28-61-44)34-11-15-37(16-12-34)60-27-33-10-17-39(50)40(51)20-33/h3-20,23-24,41-42,46H,21-22,25-28H2,1-2H3,(H,53,59)(H,54,56)(H,57,58)/t41?,42-,46+/m0/s1. The zero-order chi connectivity index (χ0) is 44.0. The summed E-state index contributed by atoms with van der Waals surface area (Å²) in [4.78, 5) is 46.4. The number of urea groups is 1. The van der Waals surface area contributed by atoms with Crippen molar-refractivity contribution in [1.29, 1.82) is 0 Å². The molecule has 0 spiro atoms. The van der Waals surface area contributed by atoms with E-state index in [9.17, 15) is 19.5 Å². The Bertz CT molecular complexity index is 2630. The highest BCUT2D eigenvalue weighted by molar-refractivity contribution is 6.42. The van der Waals surface area contributed by atoms with E-state index in [1.54, 1.807) is 48.7 Å². The zero-order valence-corrected chi connectivity index (χ0v) is 36.0. The second-order valence-electron chi connectivity index (χ2n) is 15.5. The minimum atomic E-state index is -1.27. The molecule has 2 aliphatic heterocycles. The number of aryl methyl sites for hydroxylation is 1. The van der Waals surface area contributed by atoms with Crippen LogP contribution in [-0.2, 0) is 42.1 Å². The molecule has 0 saturated heterocycles. The molecule has 2 aliphatic rings. The summed E-state index contributed by atoms with van der Waals surface area (Å²) in [7, 11) is 0. The number of fused-ring (bicyclic) bond motifs is 2. The molecule has 3 atom stereocenters. The van der Waals surface area contributed by atoms with Crippen molar-refractivity contribution < 1.29 is 38.4 Å². The first-order valence-electron chi connectivity index (χ1n) is 20.4. The lowest BCUT2D eigenvalue weighted by atomic mass is 9.92. The van der Waals surface area contributed by atoms with Crippen LogP contribution >= 0.6 is 23.2 Å². The summed E-state index contributed by atoms with van der Waals surface area (Å²) in [5.74, 6) is 1.14. The van der Waals surface area contributed by atoms with Crippen LogP contribution in [0.4, 0.5) is 4.79 Å². The predicted molar refractivity (Wildman–Crippen MR) is 238 cm³/mol. The molecule has 3 N–H and O–H groups in total. The minimum absolute atomic E-state index is 0.00654. The molecule has 0 aliphatic carbocycles. The molecule has 5 aromatic carbocycles. The predicted octanol–water partition coefficient (Wildman–Crippen LogP) is 9.34. The van der Waals surface area contributed by atoms with E-state index in [0.29, 0.717) is 51.0 Å². The number of nitrogens with one attached hydrogen (secondary N) is 2. The first kappa shape index (κ1) is 42.9. The average molecular weight is 888 g/mol. The SMILES string of the molecule is Cc1nccc(Oc2ccc(CC(NC(=O)[C@@H]3Cc4cc5c(cc4CN3C(=O)NCc3ccccc3)O[C@@H](c3ccc(OCc4ccc(Cl)c(Cl)c4)cc3)CO5)C(=O)O)cc2)c1C. The van der Waals surface area contributed by atoms with Crippen molar-refractivity contribution in [2.24, 2.45) is 0 Å². The number of aliphatic carboxylic acids is 1. The Morgan fingerprint density at radius 3 is 2.32 bits per heavy atom. The Hall–Kier alpha value is -6.76. The molecule has 14 heteroatoms. The molecule has 3 amide bonds. The summed E-state index contributed by atoms with van der Waals surface area (Å²) >= 11 is 12.2. The number of carboxylic acid groups (broad SMARTS) is 1. The van der Waals surface area contributed by atoms with E-state index in [-0.39, 0.29) is 32.5 Å². The number of ether oxygens (including phenoxy) is 4. The number of carbonyl (C=O) groups is 3. The number of halogens is 2. The van der Waals surface area contributed by atoms with Crippen LogP contribution in [-0.4, -0.2) is 51.6 Å². The van der Waals surface area contributed by atoms with Gasteiger partial charge in [0.1, 0.15) is 42.5 Å². The summed E-state index contributed by atoms with van der Waals surface area (Å²) < 4.78 is 24.7. The van der Waals surface area contributed by atoms with Crippen LogP contribution in [0.25, 0.3) is 0 Å². The van der Waals surface area contributed by atoms with Gasteiger partial charge in [0.05, 0.1) is 10.0 Å². The second-order valence-corrected chi connectivity index (χ2v) is 16.3. The van der Waals surface area contributed by atoms with Crippen molar-refractivity contribution in [3.05, 3.63) is 176 Å². The van der Waals surface area contributed by atoms with Gasteiger partial charge in [-0.3, -0.25) is 9.78 Å². The fraction of sp³-hybridized carbons (Fsp3) is 0.224. The maximum atomic E-state index is 14.2. The van der Waals surface area contributed by atoms with Crippen molar-refractivity contribution in [1.82, 2.24) is 20.5 Å². The molecule has 6 aromatic rings. The molecule has 12 nitrogen and oxygen atoms in total. The normalized spacial score (nSPS) is 15.7. The number of amides is 3. The maximum Gasteiger partial charge on any atom is 0.326 e. The smallest absolute Gasteiger partial charge is 0.326 e. The Labute approximate surface area is 374 Å². The molecule has 322 valence electrons. The molecule has 3 heterocycles. The highest BCUT2D eigenvalue weighted by Gasteiger charge is 2.38. The van der Waals surface area contributed by atoms with E-state index in [1.807, 2.05) is 86.6 Å². The van der Waals surface area contributed by atoms with Gasteiger partial charge >= 0.3 is 12.0 Å². The van der Waals surface area contributed by atoms with Gasteiger partial charge in [-0.2, -0.15) is 0 Å².